The zero-order valence-electron chi connectivity index (χ0n) is 14.7. The van der Waals surface area contributed by atoms with Gasteiger partial charge in [-0.2, -0.15) is 0 Å². The topological polar surface area (TPSA) is 68.1 Å². The first-order valence-electron chi connectivity index (χ1n) is 8.98. The summed E-state index contributed by atoms with van der Waals surface area (Å²) in [6.07, 6.45) is 10.9. The van der Waals surface area contributed by atoms with E-state index in [0.717, 1.165) is 37.1 Å². The third-order valence-electron chi connectivity index (χ3n) is 4.72. The van der Waals surface area contributed by atoms with Crippen molar-refractivity contribution in [3.8, 4) is 0 Å². The van der Waals surface area contributed by atoms with Gasteiger partial charge in [0, 0.05) is 43.8 Å². The summed E-state index contributed by atoms with van der Waals surface area (Å²) < 4.78 is 28.8. The molecule has 3 heterocycles. The predicted octanol–water partition coefficient (Wildman–Crippen LogP) is 2.64. The summed E-state index contributed by atoms with van der Waals surface area (Å²) in [5.74, 6) is 1.37. The van der Waals surface area contributed by atoms with E-state index >= 15 is 0 Å². The molecule has 1 aliphatic heterocycles. The fourth-order valence-electron chi connectivity index (χ4n) is 3.36. The van der Waals surface area contributed by atoms with Crippen LogP contribution in [0, 0.1) is 0 Å². The minimum atomic E-state index is -3.15. The summed E-state index contributed by atoms with van der Waals surface area (Å²) in [4.78, 5) is 8.69. The fraction of sp³-hybridized carbons (Fsp3) is 0.556. The zero-order chi connectivity index (χ0) is 17.7. The molecule has 6 nitrogen and oxygen atoms in total. The van der Waals surface area contributed by atoms with Gasteiger partial charge in [0.1, 0.15) is 5.82 Å². The van der Waals surface area contributed by atoms with Crippen LogP contribution >= 0.6 is 0 Å². The molecule has 0 amide bonds. The standard InChI is InChI=1S/C18H26N4O2S/c1-2-3-12-25(23,24)22-10-5-7-17(15-22)18-20-9-11-21(18)14-16-6-4-8-19-13-16/h4,6,8-9,11,13,17H,2-3,5,7,10,12,14-15H2,1H3. The van der Waals surface area contributed by atoms with Gasteiger partial charge in [-0.1, -0.05) is 19.4 Å². The number of piperidine rings is 1. The van der Waals surface area contributed by atoms with Gasteiger partial charge in [0.2, 0.25) is 10.0 Å². The van der Waals surface area contributed by atoms with Crippen LogP contribution in [0.5, 0.6) is 0 Å². The third-order valence-corrected chi connectivity index (χ3v) is 6.64. The lowest BCUT2D eigenvalue weighted by Gasteiger charge is -2.32. The highest BCUT2D eigenvalue weighted by atomic mass is 32.2. The molecular formula is C18H26N4O2S. The minimum Gasteiger partial charge on any atom is -0.330 e. The van der Waals surface area contributed by atoms with E-state index in [4.69, 9.17) is 0 Å². The Morgan fingerprint density at radius 3 is 2.96 bits per heavy atom. The second-order valence-electron chi connectivity index (χ2n) is 6.64. The van der Waals surface area contributed by atoms with Gasteiger partial charge >= 0.3 is 0 Å². The molecular weight excluding hydrogens is 336 g/mol. The SMILES string of the molecule is CCCCS(=O)(=O)N1CCCC(c2nccn2Cc2cccnc2)C1. The number of aromatic nitrogens is 3. The van der Waals surface area contributed by atoms with Crippen LogP contribution in [0.3, 0.4) is 0 Å². The van der Waals surface area contributed by atoms with E-state index in [-0.39, 0.29) is 11.7 Å². The van der Waals surface area contributed by atoms with Crippen LogP contribution in [0.1, 0.15) is 49.9 Å². The molecule has 1 atom stereocenters. The van der Waals surface area contributed by atoms with Gasteiger partial charge in [-0.3, -0.25) is 4.98 Å². The second-order valence-corrected chi connectivity index (χ2v) is 8.73. The van der Waals surface area contributed by atoms with Crippen LogP contribution in [0.4, 0.5) is 0 Å². The van der Waals surface area contributed by atoms with Gasteiger partial charge in [-0.05, 0) is 30.9 Å². The highest BCUT2D eigenvalue weighted by molar-refractivity contribution is 7.89. The summed E-state index contributed by atoms with van der Waals surface area (Å²) >= 11 is 0. The van der Waals surface area contributed by atoms with Crippen molar-refractivity contribution in [2.24, 2.45) is 0 Å². The molecule has 7 heteroatoms. The lowest BCUT2D eigenvalue weighted by molar-refractivity contribution is 0.305. The molecule has 0 radical (unpaired) electrons. The fourth-order valence-corrected chi connectivity index (χ4v) is 5.09. The Balaban J connectivity index is 1.73. The summed E-state index contributed by atoms with van der Waals surface area (Å²) in [7, 11) is -3.15. The first-order chi connectivity index (χ1) is 12.1. The Labute approximate surface area is 150 Å². The van der Waals surface area contributed by atoms with Gasteiger partial charge in [0.15, 0.2) is 0 Å². The van der Waals surface area contributed by atoms with Crippen LogP contribution in [0.15, 0.2) is 36.9 Å². The number of hydrogen-bond acceptors (Lipinski definition) is 4. The van der Waals surface area contributed by atoms with Crippen molar-refractivity contribution in [3.05, 3.63) is 48.3 Å². The van der Waals surface area contributed by atoms with Crippen LogP contribution < -0.4 is 0 Å². The highest BCUT2D eigenvalue weighted by Gasteiger charge is 2.31. The maximum atomic E-state index is 12.5. The maximum Gasteiger partial charge on any atom is 0.214 e. The number of hydrogen-bond donors (Lipinski definition) is 0. The number of unbranched alkanes of at least 4 members (excludes halogenated alkanes) is 1. The molecule has 0 spiro atoms. The smallest absolute Gasteiger partial charge is 0.214 e. The van der Waals surface area contributed by atoms with Crippen molar-refractivity contribution < 1.29 is 8.42 Å². The molecule has 1 aliphatic rings. The van der Waals surface area contributed by atoms with E-state index in [9.17, 15) is 8.42 Å². The molecule has 0 N–H and O–H groups in total. The van der Waals surface area contributed by atoms with Crippen molar-refractivity contribution in [3.63, 3.8) is 0 Å². The van der Waals surface area contributed by atoms with Crippen LogP contribution in [-0.4, -0.2) is 46.1 Å². The first-order valence-corrected chi connectivity index (χ1v) is 10.6. The molecule has 2 aromatic heterocycles. The van der Waals surface area contributed by atoms with E-state index < -0.39 is 10.0 Å². The normalized spacial score (nSPS) is 19.2. The Kier molecular flexibility index (Phi) is 5.86. The zero-order valence-corrected chi connectivity index (χ0v) is 15.5. The number of nitrogens with zero attached hydrogens (tertiary/aromatic N) is 4. The summed E-state index contributed by atoms with van der Waals surface area (Å²) in [6, 6.07) is 3.97. The lowest BCUT2D eigenvalue weighted by Crippen LogP contribution is -2.40. The number of rotatable bonds is 7. The van der Waals surface area contributed by atoms with Crippen LogP contribution in [0.2, 0.25) is 0 Å². The van der Waals surface area contributed by atoms with Crippen LogP contribution in [0.25, 0.3) is 0 Å². The maximum absolute atomic E-state index is 12.5. The summed E-state index contributed by atoms with van der Waals surface area (Å²) in [5.41, 5.74) is 1.12. The summed E-state index contributed by atoms with van der Waals surface area (Å²) in [5, 5.41) is 0. The van der Waals surface area contributed by atoms with Crippen molar-refractivity contribution >= 4 is 10.0 Å². The van der Waals surface area contributed by atoms with Gasteiger partial charge in [0.05, 0.1) is 12.3 Å². The van der Waals surface area contributed by atoms with E-state index in [1.807, 2.05) is 31.5 Å². The molecule has 136 valence electrons. The van der Waals surface area contributed by atoms with E-state index in [2.05, 4.69) is 14.5 Å². The second kappa shape index (κ2) is 8.10. The average Bonchev–Trinajstić information content (AvgIpc) is 3.09. The first kappa shape index (κ1) is 18.1. The Hall–Kier alpha value is -1.73. The number of pyridine rings is 1. The molecule has 1 saturated heterocycles. The molecule has 3 rings (SSSR count). The molecule has 2 aromatic rings. The Morgan fingerprint density at radius 2 is 2.20 bits per heavy atom. The van der Waals surface area contributed by atoms with Gasteiger partial charge in [-0.15, -0.1) is 0 Å². The van der Waals surface area contributed by atoms with Gasteiger partial charge < -0.3 is 4.57 Å². The highest BCUT2D eigenvalue weighted by Crippen LogP contribution is 2.28. The molecule has 1 fully saturated rings. The Morgan fingerprint density at radius 1 is 1.32 bits per heavy atom. The minimum absolute atomic E-state index is 0.150. The number of imidazole rings is 1. The number of sulfonamides is 1. The average molecular weight is 362 g/mol. The molecule has 25 heavy (non-hydrogen) atoms. The predicted molar refractivity (Wildman–Crippen MR) is 97.8 cm³/mol. The van der Waals surface area contributed by atoms with Crippen molar-refractivity contribution in [1.29, 1.82) is 0 Å². The third kappa shape index (κ3) is 4.46. The summed E-state index contributed by atoms with van der Waals surface area (Å²) in [6.45, 7) is 3.90. The largest absolute Gasteiger partial charge is 0.330 e. The van der Waals surface area contributed by atoms with Crippen molar-refractivity contribution in [2.45, 2.75) is 45.1 Å². The van der Waals surface area contributed by atoms with Gasteiger partial charge in [-0.25, -0.2) is 17.7 Å². The van der Waals surface area contributed by atoms with Gasteiger partial charge in [0.25, 0.3) is 0 Å². The lowest BCUT2D eigenvalue weighted by atomic mass is 9.98. The van der Waals surface area contributed by atoms with Crippen molar-refractivity contribution in [2.75, 3.05) is 18.8 Å². The van der Waals surface area contributed by atoms with E-state index in [1.54, 1.807) is 16.7 Å². The van der Waals surface area contributed by atoms with Crippen LogP contribution in [-0.2, 0) is 16.6 Å². The van der Waals surface area contributed by atoms with Crippen molar-refractivity contribution in [1.82, 2.24) is 18.8 Å². The molecule has 0 aliphatic carbocycles. The van der Waals surface area contributed by atoms with E-state index in [1.165, 1.54) is 0 Å². The van der Waals surface area contributed by atoms with E-state index in [0.29, 0.717) is 19.6 Å². The quantitative estimate of drug-likeness (QED) is 0.759. The molecule has 0 saturated carbocycles. The molecule has 0 bridgehead atoms. The molecule has 0 aromatic carbocycles. The molecule has 1 unspecified atom stereocenters. The Bertz CT molecular complexity index is 773. The monoisotopic (exact) mass is 362 g/mol.